The number of hydrogen-bond donors (Lipinski definition) is 5. The van der Waals surface area contributed by atoms with Gasteiger partial charge in [0.15, 0.2) is 17.3 Å². The lowest BCUT2D eigenvalue weighted by Crippen LogP contribution is -2.48. The third kappa shape index (κ3) is 17.7. The Morgan fingerprint density at radius 2 is 0.933 bits per heavy atom. The Kier molecular flexibility index (Phi) is 23.2. The summed E-state index contributed by atoms with van der Waals surface area (Å²) in [7, 11) is 0. The molecule has 7 atom stereocenters. The predicted molar refractivity (Wildman–Crippen MR) is 409 cm³/mol. The zero-order chi connectivity index (χ0) is 72.3. The van der Waals surface area contributed by atoms with Crippen molar-refractivity contribution in [2.45, 2.75) is 88.5 Å². The Morgan fingerprint density at radius 1 is 0.514 bits per heavy atom. The summed E-state index contributed by atoms with van der Waals surface area (Å²) in [6.07, 6.45) is 8.96. The minimum atomic E-state index is -1.09. The summed E-state index contributed by atoms with van der Waals surface area (Å²) in [6, 6.07) is 53.4. The lowest BCUT2D eigenvalue weighted by atomic mass is 9.88. The molecule has 1 aliphatic carbocycles. The van der Waals surface area contributed by atoms with Crippen LogP contribution in [-0.4, -0.2) is 167 Å². The highest BCUT2D eigenvalue weighted by Crippen LogP contribution is 2.38. The average molecular weight is 1490 g/mol. The molecule has 5 fully saturated rings. The number of carbonyl (C=O) groups is 3. The van der Waals surface area contributed by atoms with E-state index < -0.39 is 36.1 Å². The van der Waals surface area contributed by atoms with Crippen LogP contribution in [0.4, 0.5) is 26.2 Å². The number of carbonyl (C=O) groups excluding carboxylic acids is 2. The molecule has 17 rings (SSSR count). The molecule has 5 N–H and O–H groups in total. The molecular formula is C83H89BrF2N11O8+. The third-order valence-electron chi connectivity index (χ3n) is 21.2. The number of ether oxygens (including phenoxy) is 2. The van der Waals surface area contributed by atoms with E-state index in [-0.39, 0.29) is 53.5 Å². The van der Waals surface area contributed by atoms with Crippen molar-refractivity contribution in [3.05, 3.63) is 215 Å². The minimum absolute atomic E-state index is 0.0525. The van der Waals surface area contributed by atoms with Gasteiger partial charge in [0, 0.05) is 85.9 Å². The summed E-state index contributed by atoms with van der Waals surface area (Å²) in [5.41, 5.74) is 6.48. The van der Waals surface area contributed by atoms with Gasteiger partial charge < -0.3 is 59.9 Å². The summed E-state index contributed by atoms with van der Waals surface area (Å²) in [4.78, 5) is 67.2. The van der Waals surface area contributed by atoms with E-state index in [0.717, 1.165) is 162 Å². The number of aliphatic carboxylic acids is 1. The fraction of sp³-hybridized carbons (Fsp3) is 0.373. The molecular weight excluding hydrogens is 1400 g/mol. The van der Waals surface area contributed by atoms with Gasteiger partial charge in [-0.2, -0.15) is 0 Å². The van der Waals surface area contributed by atoms with Crippen molar-refractivity contribution in [1.82, 2.24) is 40.4 Å². The molecule has 4 aromatic heterocycles. The van der Waals surface area contributed by atoms with Crippen LogP contribution in [0.3, 0.4) is 0 Å². The number of aromatic nitrogens is 4. The van der Waals surface area contributed by atoms with Gasteiger partial charge in [0.25, 0.3) is 0 Å². The second-order valence-corrected chi connectivity index (χ2v) is 29.2. The van der Waals surface area contributed by atoms with Crippen LogP contribution in [0.1, 0.15) is 85.8 Å². The summed E-state index contributed by atoms with van der Waals surface area (Å²) in [6.45, 7) is 9.36. The lowest BCUT2D eigenvalue weighted by Gasteiger charge is -2.30. The second-order valence-electron chi connectivity index (χ2n) is 28.4. The number of aliphatic hydroxyl groups excluding tert-OH is 2. The summed E-state index contributed by atoms with van der Waals surface area (Å²) in [5.74, 6) is 0.605. The molecule has 0 bridgehead atoms. The zero-order valence-electron chi connectivity index (χ0n) is 58.8. The first kappa shape index (κ1) is 72.4. The van der Waals surface area contributed by atoms with Crippen LogP contribution < -0.4 is 34.8 Å². The topological polar surface area (TPSA) is 222 Å². The van der Waals surface area contributed by atoms with E-state index in [0.29, 0.717) is 69.7 Å². The highest BCUT2D eigenvalue weighted by molar-refractivity contribution is 9.10. The van der Waals surface area contributed by atoms with Crippen molar-refractivity contribution in [1.29, 1.82) is 0 Å². The van der Waals surface area contributed by atoms with E-state index in [1.165, 1.54) is 17.5 Å². The van der Waals surface area contributed by atoms with Crippen LogP contribution in [-0.2, 0) is 27.2 Å². The first-order valence-corrected chi connectivity index (χ1v) is 37.7. The van der Waals surface area contributed by atoms with Crippen molar-refractivity contribution in [3.8, 4) is 11.5 Å². The smallest absolute Gasteiger partial charge is 0.308 e. The van der Waals surface area contributed by atoms with Gasteiger partial charge in [-0.05, 0) is 195 Å². The predicted octanol–water partition coefficient (Wildman–Crippen LogP) is 12.6. The van der Waals surface area contributed by atoms with Gasteiger partial charge in [0.2, 0.25) is 11.8 Å². The summed E-state index contributed by atoms with van der Waals surface area (Å²) in [5, 5.41) is 42.6. The molecule has 6 aromatic carbocycles. The Balaban J connectivity index is 0.000000129. The van der Waals surface area contributed by atoms with E-state index in [1.54, 1.807) is 6.07 Å². The fourth-order valence-corrected chi connectivity index (χ4v) is 15.7. The molecule has 19 nitrogen and oxygen atoms in total. The number of fused-ring (bicyclic) bond motifs is 6. The zero-order valence-corrected chi connectivity index (χ0v) is 60.4. The van der Waals surface area contributed by atoms with Crippen LogP contribution in [0.15, 0.2) is 174 Å². The Morgan fingerprint density at radius 3 is 1.41 bits per heavy atom. The molecule has 2 amide bonds. The number of carboxylic acids is 1. The fourth-order valence-electron chi connectivity index (χ4n) is 15.4. The first-order chi connectivity index (χ1) is 51.2. The van der Waals surface area contributed by atoms with E-state index in [9.17, 15) is 33.4 Å². The normalized spacial score (nSPS) is 19.7. The number of pyridine rings is 4. The standard InChI is InChI=1S/C31H35FN4O2.C29H33FN4O4.C14H14N2O2.C9H6BrN/c32-26-18-24(17-22-8-1-3-9-25(22)26)30(37)28(20-35-14-5-6-15-35)34-31(38)23-13-16-36(19-23)29-12-11-21-7-2-4-10-27(21)33-29;30-22-15-21(16-25-28(22)38-14-13-37-25)27(35)24(18-33-10-3-4-11-33)32-29(36)20-9-12-34(17-20)26-8-7-19-5-1-2-6-23(19)31-26;17-14(18)11-7-8-16(9-11)13-6-5-10-3-1-2-4-12(10)15-13;10-9-6-5-7-3-1-2-4-8(7)11-9/h1-2,4,7,10-12,17-18,23,28,30,37H,3,5-6,8-9,13-16,19-20H2;1-2,5-8,15-16,20,24,27,35H,3-4,9-14,17-18H2,(H,32,36);1-6,11H,7-9H2,(H,17,18);1-6H/p+1/t23-,28-,30-;20-,24+,27+;;/m10../s1. The van der Waals surface area contributed by atoms with Crippen LogP contribution in [0, 0.1) is 35.8 Å². The lowest BCUT2D eigenvalue weighted by molar-refractivity contribution is -0.141. The highest BCUT2D eigenvalue weighted by Gasteiger charge is 2.37. The average Bonchev–Trinajstić information content (AvgIpc) is 1.32. The molecule has 0 saturated carbocycles. The monoisotopic (exact) mass is 1480 g/mol. The van der Waals surface area contributed by atoms with Gasteiger partial charge in [-0.15, -0.1) is 0 Å². The molecule has 7 aliphatic rings. The summed E-state index contributed by atoms with van der Waals surface area (Å²) >= 11 is 3.32. The molecule has 5 saturated heterocycles. The molecule has 22 heteroatoms. The number of halogens is 3. The van der Waals surface area contributed by atoms with Gasteiger partial charge >= 0.3 is 5.97 Å². The Hall–Kier alpha value is -9.58. The number of hydrogen-bond acceptors (Lipinski definition) is 16. The number of nitrogens with zero attached hydrogens (tertiary/aromatic N) is 9. The van der Waals surface area contributed by atoms with Crippen LogP contribution in [0.25, 0.3) is 43.6 Å². The number of benzene rings is 6. The van der Waals surface area contributed by atoms with E-state index in [1.807, 2.05) is 138 Å². The minimum Gasteiger partial charge on any atom is -0.486 e. The van der Waals surface area contributed by atoms with Crippen LogP contribution in [0.5, 0.6) is 11.5 Å². The van der Waals surface area contributed by atoms with Crippen molar-refractivity contribution in [3.63, 3.8) is 0 Å². The van der Waals surface area contributed by atoms with E-state index >= 15 is 0 Å². The Bertz CT molecular complexity index is 4520. The number of aliphatic hydroxyl groups is 2. The third-order valence-corrected chi connectivity index (χ3v) is 21.7. The number of carboxylic acid groups (broad SMARTS) is 1. The molecule has 0 spiro atoms. The van der Waals surface area contributed by atoms with Gasteiger partial charge in [-0.3, -0.25) is 14.4 Å². The van der Waals surface area contributed by atoms with Gasteiger partial charge in [0.1, 0.15) is 59.7 Å². The molecule has 105 heavy (non-hydrogen) atoms. The van der Waals surface area contributed by atoms with E-state index in [4.69, 9.17) is 24.5 Å². The quantitative estimate of drug-likeness (QED) is 0.0448. The number of para-hydroxylation sites is 4. The maximum absolute atomic E-state index is 14.9. The summed E-state index contributed by atoms with van der Waals surface area (Å²) < 4.78 is 41.5. The first-order valence-electron chi connectivity index (χ1n) is 36.9. The Labute approximate surface area is 618 Å². The van der Waals surface area contributed by atoms with Crippen LogP contribution in [0.2, 0.25) is 0 Å². The number of anilines is 3. The number of rotatable bonds is 16. The van der Waals surface area contributed by atoms with Gasteiger partial charge in [-0.1, -0.05) is 78.9 Å². The van der Waals surface area contributed by atoms with Gasteiger partial charge in [0.05, 0.1) is 64.7 Å². The largest absolute Gasteiger partial charge is 0.486 e. The number of amides is 2. The molecule has 0 radical (unpaired) electrons. The van der Waals surface area contributed by atoms with E-state index in [2.05, 4.69) is 80.8 Å². The van der Waals surface area contributed by atoms with Crippen molar-refractivity contribution in [2.75, 3.05) is 106 Å². The van der Waals surface area contributed by atoms with Crippen molar-refractivity contribution in [2.24, 2.45) is 17.8 Å². The number of likely N-dealkylation sites (tertiary alicyclic amines) is 2. The SMILES string of the molecule is Brc1ccc2ccccc2n1.O=C(N[C@H](CN1CCCC1)[C@H](O)c1cc(F)c2c(c1)C[CH+]CC2)[C@@H]1CCN(c2ccc3ccccc3n2)C1.O=C(N[C@H](CN1CCCC1)[C@H](O)c1cc(F)c2c(c1)OCCO2)[C@H]1CCN(c2ccc3ccccc3n2)C1.O=C(O)C1CCN(c2ccc3ccccc3n2)C1. The molecule has 6 aliphatic heterocycles. The molecule has 10 heterocycles. The molecule has 10 aromatic rings. The van der Waals surface area contributed by atoms with Gasteiger partial charge in [-0.25, -0.2) is 28.7 Å². The van der Waals surface area contributed by atoms with Crippen molar-refractivity contribution >= 4 is 94.8 Å². The molecule has 1 unspecified atom stereocenters. The number of nitrogens with one attached hydrogen (secondary N) is 2. The van der Waals surface area contributed by atoms with Crippen molar-refractivity contribution < 1.29 is 48.0 Å². The highest BCUT2D eigenvalue weighted by atomic mass is 79.9. The maximum Gasteiger partial charge on any atom is 0.308 e. The molecule has 544 valence electrons. The maximum atomic E-state index is 14.9. The second kappa shape index (κ2) is 33.7. The van der Waals surface area contributed by atoms with Crippen LogP contribution >= 0.6 is 15.9 Å².